The molecule has 2 N–H and O–H groups in total. The van der Waals surface area contributed by atoms with Crippen LogP contribution in [0.5, 0.6) is 0 Å². The Balaban J connectivity index is 2.57. The number of aromatic nitrogens is 3. The van der Waals surface area contributed by atoms with Crippen LogP contribution in [-0.2, 0) is 9.53 Å². The van der Waals surface area contributed by atoms with Gasteiger partial charge in [0.15, 0.2) is 0 Å². The zero-order valence-electron chi connectivity index (χ0n) is 12.8. The Morgan fingerprint density at radius 2 is 2.25 bits per heavy atom. The van der Waals surface area contributed by atoms with E-state index in [2.05, 4.69) is 20.5 Å². The number of nitrogens with zero attached hydrogens (tertiary/aromatic N) is 2. The van der Waals surface area contributed by atoms with E-state index >= 15 is 0 Å². The van der Waals surface area contributed by atoms with Gasteiger partial charge in [0.05, 0.1) is 6.61 Å². The molecule has 0 amide bonds. The third-order valence-electron chi connectivity index (χ3n) is 2.74. The zero-order chi connectivity index (χ0) is 15.2. The first kappa shape index (κ1) is 17.0. The fourth-order valence-electron chi connectivity index (χ4n) is 1.89. The third-order valence-corrected chi connectivity index (χ3v) is 3.59. The highest BCUT2D eigenvalue weighted by atomic mass is 32.2. The molecule has 0 bridgehead atoms. The number of nitrogens with one attached hydrogen (secondary N) is 2. The lowest BCUT2D eigenvalue weighted by Crippen LogP contribution is -2.53. The summed E-state index contributed by atoms with van der Waals surface area (Å²) in [5.74, 6) is 1.33. The Morgan fingerprint density at radius 3 is 2.75 bits per heavy atom. The standard InChI is InChI=1S/C13H24N4O2S/c1-6-19-11(18)13(5,15-9(2)3)7-8-20-12-14-10(4)16-17-12/h9,15H,6-8H2,1-5H3,(H,14,16,17). The first-order valence-electron chi connectivity index (χ1n) is 6.84. The summed E-state index contributed by atoms with van der Waals surface area (Å²) in [4.78, 5) is 16.3. The molecule has 1 heterocycles. The maximum atomic E-state index is 12.1. The average molecular weight is 300 g/mol. The topological polar surface area (TPSA) is 79.9 Å². The van der Waals surface area contributed by atoms with E-state index in [0.717, 1.165) is 11.6 Å². The summed E-state index contributed by atoms with van der Waals surface area (Å²) in [6.45, 7) is 9.99. The predicted molar refractivity (Wildman–Crippen MR) is 79.8 cm³/mol. The van der Waals surface area contributed by atoms with E-state index in [1.165, 1.54) is 11.8 Å². The highest BCUT2D eigenvalue weighted by Gasteiger charge is 2.34. The normalized spacial score (nSPS) is 14.3. The van der Waals surface area contributed by atoms with Crippen molar-refractivity contribution in [3.8, 4) is 0 Å². The summed E-state index contributed by atoms with van der Waals surface area (Å²) >= 11 is 1.53. The van der Waals surface area contributed by atoms with Gasteiger partial charge >= 0.3 is 5.97 Å². The molecule has 0 saturated heterocycles. The number of hydrogen-bond donors (Lipinski definition) is 2. The van der Waals surface area contributed by atoms with Crippen LogP contribution >= 0.6 is 11.8 Å². The summed E-state index contributed by atoms with van der Waals surface area (Å²) in [7, 11) is 0. The molecule has 0 aliphatic rings. The molecule has 6 nitrogen and oxygen atoms in total. The molecule has 0 radical (unpaired) electrons. The Kier molecular flexibility index (Phi) is 6.48. The van der Waals surface area contributed by atoms with E-state index < -0.39 is 5.54 Å². The van der Waals surface area contributed by atoms with Gasteiger partial charge < -0.3 is 4.74 Å². The minimum absolute atomic E-state index is 0.208. The predicted octanol–water partition coefficient (Wildman–Crippen LogP) is 1.92. The smallest absolute Gasteiger partial charge is 0.326 e. The SMILES string of the molecule is CCOC(=O)C(C)(CCSc1n[nH]c(C)n1)NC(C)C. The van der Waals surface area contributed by atoms with Crippen LogP contribution in [0.25, 0.3) is 0 Å². The number of hydrogen-bond acceptors (Lipinski definition) is 6. The molecule has 0 saturated carbocycles. The van der Waals surface area contributed by atoms with E-state index in [-0.39, 0.29) is 12.0 Å². The number of ether oxygens (including phenoxy) is 1. The lowest BCUT2D eigenvalue weighted by atomic mass is 9.98. The van der Waals surface area contributed by atoms with Crippen LogP contribution in [0.15, 0.2) is 5.16 Å². The minimum Gasteiger partial charge on any atom is -0.465 e. The first-order chi connectivity index (χ1) is 9.37. The second-order valence-electron chi connectivity index (χ2n) is 5.15. The van der Waals surface area contributed by atoms with Crippen LogP contribution in [0.4, 0.5) is 0 Å². The average Bonchev–Trinajstić information content (AvgIpc) is 2.74. The summed E-state index contributed by atoms with van der Waals surface area (Å²) < 4.78 is 5.17. The minimum atomic E-state index is -0.678. The summed E-state index contributed by atoms with van der Waals surface area (Å²) in [6.07, 6.45) is 0.655. The fraction of sp³-hybridized carbons (Fsp3) is 0.769. The molecule has 0 aliphatic heterocycles. The van der Waals surface area contributed by atoms with Crippen molar-refractivity contribution in [2.75, 3.05) is 12.4 Å². The van der Waals surface area contributed by atoms with Gasteiger partial charge in [-0.25, -0.2) is 4.98 Å². The number of thioether (sulfide) groups is 1. The number of esters is 1. The Bertz CT molecular complexity index is 436. The number of aromatic amines is 1. The molecule has 1 rings (SSSR count). The molecule has 0 fully saturated rings. The van der Waals surface area contributed by atoms with Gasteiger partial charge in [-0.1, -0.05) is 11.8 Å². The van der Waals surface area contributed by atoms with Crippen LogP contribution in [0, 0.1) is 6.92 Å². The Morgan fingerprint density at radius 1 is 1.55 bits per heavy atom. The molecule has 114 valence electrons. The molecule has 0 aliphatic carbocycles. The van der Waals surface area contributed by atoms with Crippen LogP contribution in [0.2, 0.25) is 0 Å². The quantitative estimate of drug-likeness (QED) is 0.564. The van der Waals surface area contributed by atoms with Gasteiger partial charge in [-0.05, 0) is 41.0 Å². The Labute approximate surface area is 124 Å². The molecule has 1 atom stereocenters. The van der Waals surface area contributed by atoms with Crippen molar-refractivity contribution >= 4 is 17.7 Å². The van der Waals surface area contributed by atoms with Crippen molar-refractivity contribution in [2.45, 2.75) is 57.8 Å². The van der Waals surface area contributed by atoms with E-state index in [9.17, 15) is 4.79 Å². The van der Waals surface area contributed by atoms with Gasteiger partial charge in [0, 0.05) is 11.8 Å². The zero-order valence-corrected chi connectivity index (χ0v) is 13.6. The maximum Gasteiger partial charge on any atom is 0.326 e. The van der Waals surface area contributed by atoms with Crippen LogP contribution in [0.3, 0.4) is 0 Å². The summed E-state index contributed by atoms with van der Waals surface area (Å²) in [6, 6.07) is 0.208. The summed E-state index contributed by atoms with van der Waals surface area (Å²) in [5.41, 5.74) is -0.678. The van der Waals surface area contributed by atoms with Crippen molar-refractivity contribution in [2.24, 2.45) is 0 Å². The number of carbonyl (C=O) groups is 1. The second kappa shape index (κ2) is 7.64. The molecule has 1 unspecified atom stereocenters. The number of rotatable bonds is 8. The van der Waals surface area contributed by atoms with Gasteiger partial charge in [0.1, 0.15) is 11.4 Å². The van der Waals surface area contributed by atoms with Gasteiger partial charge in [-0.2, -0.15) is 0 Å². The van der Waals surface area contributed by atoms with Crippen molar-refractivity contribution in [3.63, 3.8) is 0 Å². The molecular formula is C13H24N4O2S. The number of H-pyrrole nitrogens is 1. The van der Waals surface area contributed by atoms with E-state index in [4.69, 9.17) is 4.74 Å². The second-order valence-corrected chi connectivity index (χ2v) is 6.22. The van der Waals surface area contributed by atoms with Crippen molar-refractivity contribution < 1.29 is 9.53 Å². The maximum absolute atomic E-state index is 12.1. The Hall–Kier alpha value is -1.08. The van der Waals surface area contributed by atoms with Gasteiger partial charge in [-0.15, -0.1) is 5.10 Å². The van der Waals surface area contributed by atoms with E-state index in [0.29, 0.717) is 18.2 Å². The molecule has 1 aromatic heterocycles. The molecule has 1 aromatic rings. The third kappa shape index (κ3) is 5.13. The fourth-order valence-corrected chi connectivity index (χ4v) is 2.90. The highest BCUT2D eigenvalue weighted by Crippen LogP contribution is 2.20. The number of carbonyl (C=O) groups excluding carboxylic acids is 1. The first-order valence-corrected chi connectivity index (χ1v) is 7.82. The van der Waals surface area contributed by atoms with E-state index in [1.807, 2.05) is 34.6 Å². The highest BCUT2D eigenvalue weighted by molar-refractivity contribution is 7.99. The molecule has 20 heavy (non-hydrogen) atoms. The van der Waals surface area contributed by atoms with Crippen molar-refractivity contribution in [1.82, 2.24) is 20.5 Å². The molecule has 7 heteroatoms. The van der Waals surface area contributed by atoms with Crippen molar-refractivity contribution in [3.05, 3.63) is 5.82 Å². The van der Waals surface area contributed by atoms with Gasteiger partial charge in [-0.3, -0.25) is 15.2 Å². The molecule has 0 aromatic carbocycles. The van der Waals surface area contributed by atoms with Crippen LogP contribution in [0.1, 0.15) is 39.9 Å². The van der Waals surface area contributed by atoms with Crippen LogP contribution < -0.4 is 5.32 Å². The van der Waals surface area contributed by atoms with Crippen molar-refractivity contribution in [1.29, 1.82) is 0 Å². The van der Waals surface area contributed by atoms with Crippen LogP contribution in [-0.4, -0.2) is 45.1 Å². The largest absolute Gasteiger partial charge is 0.465 e. The monoisotopic (exact) mass is 300 g/mol. The summed E-state index contributed by atoms with van der Waals surface area (Å²) in [5, 5.41) is 10.9. The molecule has 0 spiro atoms. The van der Waals surface area contributed by atoms with Gasteiger partial charge in [0.2, 0.25) is 5.16 Å². The number of aryl methyl sites for hydroxylation is 1. The van der Waals surface area contributed by atoms with E-state index in [1.54, 1.807) is 0 Å². The molecular weight excluding hydrogens is 276 g/mol. The van der Waals surface area contributed by atoms with Gasteiger partial charge in [0.25, 0.3) is 0 Å². The lowest BCUT2D eigenvalue weighted by molar-refractivity contribution is -0.150. The lowest BCUT2D eigenvalue weighted by Gasteiger charge is -2.30.